The van der Waals surface area contributed by atoms with Gasteiger partial charge in [0.25, 0.3) is 0 Å². The molecule has 2 aromatic carbocycles. The normalized spacial score (nSPS) is 18.3. The Morgan fingerprint density at radius 1 is 1.11 bits per heavy atom. The lowest BCUT2D eigenvalue weighted by Gasteiger charge is -2.48. The maximum absolute atomic E-state index is 14.4. The summed E-state index contributed by atoms with van der Waals surface area (Å²) in [6.45, 7) is 3.46. The first-order valence-corrected chi connectivity index (χ1v) is 9.44. The van der Waals surface area contributed by atoms with Gasteiger partial charge in [0.05, 0.1) is 24.5 Å². The molecule has 6 heteroatoms. The number of hydrogen-bond acceptors (Lipinski definition) is 5. The largest absolute Gasteiger partial charge is 0.383 e. The van der Waals surface area contributed by atoms with E-state index >= 15 is 0 Å². The molecule has 0 radical (unpaired) electrons. The summed E-state index contributed by atoms with van der Waals surface area (Å²) in [6.07, 6.45) is 1.67. The lowest BCUT2D eigenvalue weighted by molar-refractivity contribution is 0.120. The van der Waals surface area contributed by atoms with Crippen molar-refractivity contribution in [3.63, 3.8) is 0 Å². The third-order valence-corrected chi connectivity index (χ3v) is 5.34. The number of benzene rings is 2. The van der Waals surface area contributed by atoms with Crippen molar-refractivity contribution in [2.75, 3.05) is 31.1 Å². The number of rotatable bonds is 5. The van der Waals surface area contributed by atoms with Gasteiger partial charge in [0, 0.05) is 19.4 Å². The van der Waals surface area contributed by atoms with Crippen LogP contribution < -0.4 is 16.0 Å². The highest BCUT2D eigenvalue weighted by Crippen LogP contribution is 2.39. The number of aliphatic imine (C=N–C) groups is 1. The lowest BCUT2D eigenvalue weighted by Crippen LogP contribution is -2.58. The number of nitrogens with zero attached hydrogens (tertiary/aromatic N) is 2. The van der Waals surface area contributed by atoms with Crippen molar-refractivity contribution in [2.24, 2.45) is 10.7 Å². The van der Waals surface area contributed by atoms with Gasteiger partial charge in [-0.1, -0.05) is 36.4 Å². The zero-order valence-electron chi connectivity index (χ0n) is 15.3. The number of halogens is 1. The van der Waals surface area contributed by atoms with Gasteiger partial charge in [-0.25, -0.2) is 9.38 Å². The Balaban J connectivity index is 1.55. The van der Waals surface area contributed by atoms with Crippen molar-refractivity contribution >= 4 is 11.5 Å². The predicted molar refractivity (Wildman–Crippen MR) is 105 cm³/mol. The second-order valence-electron chi connectivity index (χ2n) is 7.05. The summed E-state index contributed by atoms with van der Waals surface area (Å²) in [5.41, 5.74) is 8.11. The number of amidine groups is 1. The van der Waals surface area contributed by atoms with Crippen LogP contribution in [0.3, 0.4) is 0 Å². The highest BCUT2D eigenvalue weighted by Gasteiger charge is 2.42. The van der Waals surface area contributed by atoms with E-state index in [0.29, 0.717) is 31.2 Å². The zero-order valence-corrected chi connectivity index (χ0v) is 15.3. The van der Waals surface area contributed by atoms with Crippen molar-refractivity contribution in [3.05, 3.63) is 65.5 Å². The van der Waals surface area contributed by atoms with Crippen LogP contribution in [0.2, 0.25) is 0 Å². The van der Waals surface area contributed by atoms with E-state index in [-0.39, 0.29) is 5.82 Å². The maximum atomic E-state index is 14.4. The molecule has 3 N–H and O–H groups in total. The standard InChI is InChI=1S/C21H25FN4O/c22-17-7-4-8-18-19(17)20(23)25-21(9-11-24-12-10-21)26(18)13-14-27-15-16-5-2-1-3-6-16/h1-8,24H,9-15H2,(H2,23,25). The minimum Gasteiger partial charge on any atom is -0.383 e. The smallest absolute Gasteiger partial charge is 0.136 e. The second-order valence-corrected chi connectivity index (χ2v) is 7.05. The molecule has 0 unspecified atom stereocenters. The Morgan fingerprint density at radius 3 is 2.67 bits per heavy atom. The average Bonchev–Trinajstić information content (AvgIpc) is 2.68. The minimum atomic E-state index is -0.424. The molecule has 1 saturated heterocycles. The Morgan fingerprint density at radius 2 is 1.89 bits per heavy atom. The number of ether oxygens (including phenoxy) is 1. The van der Waals surface area contributed by atoms with Gasteiger partial charge in [-0.05, 0) is 30.8 Å². The fraction of sp³-hybridized carbons (Fsp3) is 0.381. The minimum absolute atomic E-state index is 0.298. The van der Waals surface area contributed by atoms with Gasteiger partial charge in [-0.15, -0.1) is 0 Å². The first kappa shape index (κ1) is 17.9. The summed E-state index contributed by atoms with van der Waals surface area (Å²) in [5.74, 6) is -0.0285. The fourth-order valence-corrected chi connectivity index (χ4v) is 4.01. The van der Waals surface area contributed by atoms with E-state index < -0.39 is 5.66 Å². The quantitative estimate of drug-likeness (QED) is 0.797. The van der Waals surface area contributed by atoms with Crippen LogP contribution in [0.15, 0.2) is 53.5 Å². The molecule has 2 aliphatic rings. The molecule has 0 aromatic heterocycles. The van der Waals surface area contributed by atoms with Crippen LogP contribution in [0.1, 0.15) is 24.0 Å². The molecule has 0 bridgehead atoms. The molecule has 1 fully saturated rings. The van der Waals surface area contributed by atoms with Crippen LogP contribution in [-0.4, -0.2) is 37.7 Å². The number of nitrogens with one attached hydrogen (secondary N) is 1. The molecule has 0 saturated carbocycles. The summed E-state index contributed by atoms with van der Waals surface area (Å²) in [6, 6.07) is 15.2. The van der Waals surface area contributed by atoms with Crippen LogP contribution >= 0.6 is 0 Å². The molecule has 142 valence electrons. The van der Waals surface area contributed by atoms with Gasteiger partial charge >= 0.3 is 0 Å². The first-order chi connectivity index (χ1) is 13.2. The molecular formula is C21H25FN4O. The van der Waals surface area contributed by atoms with Crippen molar-refractivity contribution in [1.29, 1.82) is 0 Å². The Hall–Kier alpha value is -2.44. The Kier molecular flexibility index (Phi) is 5.09. The molecule has 0 aliphatic carbocycles. The van der Waals surface area contributed by atoms with Gasteiger partial charge in [-0.2, -0.15) is 0 Å². The number of nitrogens with two attached hydrogens (primary N) is 1. The maximum Gasteiger partial charge on any atom is 0.136 e. The van der Waals surface area contributed by atoms with E-state index in [4.69, 9.17) is 15.5 Å². The summed E-state index contributed by atoms with van der Waals surface area (Å²) in [5, 5.41) is 3.37. The molecule has 4 rings (SSSR count). The topological polar surface area (TPSA) is 62.9 Å². The average molecular weight is 368 g/mol. The second kappa shape index (κ2) is 7.66. The van der Waals surface area contributed by atoms with Crippen molar-refractivity contribution in [3.8, 4) is 0 Å². The molecule has 2 aromatic rings. The summed E-state index contributed by atoms with van der Waals surface area (Å²) >= 11 is 0. The highest BCUT2D eigenvalue weighted by atomic mass is 19.1. The van der Waals surface area contributed by atoms with Crippen molar-refractivity contribution in [2.45, 2.75) is 25.1 Å². The van der Waals surface area contributed by atoms with Crippen LogP contribution in [0.25, 0.3) is 0 Å². The van der Waals surface area contributed by atoms with Crippen LogP contribution in [0, 0.1) is 5.82 Å². The SMILES string of the molecule is NC1=NC2(CCNCC2)N(CCOCc2ccccc2)c2cccc(F)c21. The molecule has 1 spiro atoms. The van der Waals surface area contributed by atoms with Crippen LogP contribution in [-0.2, 0) is 11.3 Å². The van der Waals surface area contributed by atoms with Gasteiger partial charge < -0.3 is 20.7 Å². The Labute approximate surface area is 159 Å². The van der Waals surface area contributed by atoms with E-state index in [1.807, 2.05) is 36.4 Å². The molecule has 5 nitrogen and oxygen atoms in total. The molecule has 27 heavy (non-hydrogen) atoms. The lowest BCUT2D eigenvalue weighted by atomic mass is 9.92. The molecule has 2 aliphatic heterocycles. The Bertz CT molecular complexity index is 818. The highest BCUT2D eigenvalue weighted by molar-refractivity contribution is 6.04. The fourth-order valence-electron chi connectivity index (χ4n) is 4.01. The summed E-state index contributed by atoms with van der Waals surface area (Å²) < 4.78 is 20.3. The third-order valence-electron chi connectivity index (χ3n) is 5.34. The van der Waals surface area contributed by atoms with Crippen molar-refractivity contribution < 1.29 is 9.13 Å². The molecule has 0 atom stereocenters. The van der Waals surface area contributed by atoms with E-state index in [1.54, 1.807) is 6.07 Å². The zero-order chi connectivity index (χ0) is 18.7. The molecular weight excluding hydrogens is 343 g/mol. The number of fused-ring (bicyclic) bond motifs is 1. The van der Waals surface area contributed by atoms with E-state index in [0.717, 1.165) is 37.2 Å². The van der Waals surface area contributed by atoms with Gasteiger partial charge in [0.2, 0.25) is 0 Å². The summed E-state index contributed by atoms with van der Waals surface area (Å²) in [7, 11) is 0. The van der Waals surface area contributed by atoms with Crippen molar-refractivity contribution in [1.82, 2.24) is 5.32 Å². The number of anilines is 1. The third kappa shape index (κ3) is 3.55. The number of piperidine rings is 1. The molecule has 2 heterocycles. The van der Waals surface area contributed by atoms with E-state index in [2.05, 4.69) is 10.2 Å². The van der Waals surface area contributed by atoms with E-state index in [9.17, 15) is 4.39 Å². The molecule has 0 amide bonds. The van der Waals surface area contributed by atoms with Gasteiger partial charge in [-0.3, -0.25) is 0 Å². The van der Waals surface area contributed by atoms with Gasteiger partial charge in [0.15, 0.2) is 0 Å². The van der Waals surface area contributed by atoms with Crippen LogP contribution in [0.5, 0.6) is 0 Å². The number of hydrogen-bond donors (Lipinski definition) is 2. The first-order valence-electron chi connectivity index (χ1n) is 9.44. The van der Waals surface area contributed by atoms with Gasteiger partial charge in [0.1, 0.15) is 17.3 Å². The summed E-state index contributed by atoms with van der Waals surface area (Å²) in [4.78, 5) is 6.97. The van der Waals surface area contributed by atoms with Crippen LogP contribution in [0.4, 0.5) is 10.1 Å². The predicted octanol–water partition coefficient (Wildman–Crippen LogP) is 2.65. The monoisotopic (exact) mass is 368 g/mol. The van der Waals surface area contributed by atoms with E-state index in [1.165, 1.54) is 6.07 Å².